The van der Waals surface area contributed by atoms with Crippen molar-refractivity contribution in [2.45, 2.75) is 24.7 Å². The van der Waals surface area contributed by atoms with Gasteiger partial charge in [-0.1, -0.05) is 36.0 Å². The molecule has 0 saturated heterocycles. The maximum Gasteiger partial charge on any atom is 0.233 e. The van der Waals surface area contributed by atoms with E-state index in [4.69, 9.17) is 4.74 Å². The van der Waals surface area contributed by atoms with Gasteiger partial charge in [0, 0.05) is 7.05 Å². The molecule has 0 fully saturated rings. The van der Waals surface area contributed by atoms with Crippen LogP contribution in [-0.4, -0.2) is 55.9 Å². The molecule has 10 heteroatoms. The van der Waals surface area contributed by atoms with Gasteiger partial charge >= 0.3 is 0 Å². The molecule has 0 radical (unpaired) electrons. The molecule has 0 N–H and O–H groups in total. The summed E-state index contributed by atoms with van der Waals surface area (Å²) in [5.74, 6) is 1.04. The van der Waals surface area contributed by atoms with Crippen molar-refractivity contribution in [2.75, 3.05) is 19.9 Å². The van der Waals surface area contributed by atoms with Crippen molar-refractivity contribution in [2.24, 2.45) is 0 Å². The minimum atomic E-state index is -0.110. The quantitative estimate of drug-likeness (QED) is 0.376. The lowest BCUT2D eigenvalue weighted by atomic mass is 10.2. The fourth-order valence-electron chi connectivity index (χ4n) is 2.98. The number of aromatic nitrogens is 5. The number of para-hydroxylation sites is 1. The van der Waals surface area contributed by atoms with Gasteiger partial charge in [0.25, 0.3) is 0 Å². The number of benzene rings is 2. The molecule has 2 heterocycles. The second-order valence-electron chi connectivity index (χ2n) is 6.96. The number of ether oxygens (including phenoxy) is 1. The lowest BCUT2D eigenvalue weighted by Gasteiger charge is -2.23. The van der Waals surface area contributed by atoms with Crippen molar-refractivity contribution in [1.29, 1.82) is 0 Å². The van der Waals surface area contributed by atoms with Crippen molar-refractivity contribution < 1.29 is 9.53 Å². The van der Waals surface area contributed by atoms with Gasteiger partial charge in [-0.3, -0.25) is 4.79 Å². The number of amides is 1. The molecule has 1 amide bonds. The van der Waals surface area contributed by atoms with Gasteiger partial charge in [0.1, 0.15) is 10.8 Å². The van der Waals surface area contributed by atoms with E-state index < -0.39 is 0 Å². The third kappa shape index (κ3) is 4.86. The normalized spacial score (nSPS) is 12.1. The molecule has 2 aromatic carbocycles. The zero-order chi connectivity index (χ0) is 21.8. The second kappa shape index (κ2) is 9.44. The van der Waals surface area contributed by atoms with Crippen LogP contribution in [0.4, 0.5) is 0 Å². The number of hydrogen-bond acceptors (Lipinski definition) is 8. The molecule has 0 aliphatic rings. The summed E-state index contributed by atoms with van der Waals surface area (Å²) >= 11 is 2.94. The number of carbonyl (C=O) groups is 1. The highest BCUT2D eigenvalue weighted by Crippen LogP contribution is 2.29. The summed E-state index contributed by atoms with van der Waals surface area (Å²) in [5.41, 5.74) is 2.00. The molecule has 4 aromatic rings. The van der Waals surface area contributed by atoms with Gasteiger partial charge in [0.15, 0.2) is 0 Å². The van der Waals surface area contributed by atoms with Crippen LogP contribution < -0.4 is 4.74 Å². The zero-order valence-electron chi connectivity index (χ0n) is 17.4. The molecule has 2 aromatic heterocycles. The highest BCUT2D eigenvalue weighted by molar-refractivity contribution is 7.99. The van der Waals surface area contributed by atoms with Crippen LogP contribution in [0.2, 0.25) is 0 Å². The van der Waals surface area contributed by atoms with Crippen LogP contribution in [0.1, 0.15) is 23.5 Å². The number of hydrogen-bond donors (Lipinski definition) is 0. The molecule has 0 saturated carbocycles. The molecule has 160 valence electrons. The minimum Gasteiger partial charge on any atom is -0.497 e. The number of thiazole rings is 1. The third-order valence-electron chi connectivity index (χ3n) is 4.96. The molecular weight excluding hydrogens is 432 g/mol. The summed E-state index contributed by atoms with van der Waals surface area (Å²) < 4.78 is 8.00. The van der Waals surface area contributed by atoms with Crippen molar-refractivity contribution in [3.63, 3.8) is 0 Å². The Bertz CT molecular complexity index is 1140. The first kappa shape index (κ1) is 21.3. The first-order valence-electron chi connectivity index (χ1n) is 9.68. The summed E-state index contributed by atoms with van der Waals surface area (Å²) in [6.45, 7) is 2.51. The van der Waals surface area contributed by atoms with E-state index in [0.29, 0.717) is 11.7 Å². The van der Waals surface area contributed by atoms with Gasteiger partial charge in [0.05, 0.1) is 35.7 Å². The van der Waals surface area contributed by atoms with Crippen molar-refractivity contribution in [3.05, 3.63) is 59.1 Å². The molecule has 0 unspecified atom stereocenters. The lowest BCUT2D eigenvalue weighted by molar-refractivity contribution is -0.128. The van der Waals surface area contributed by atoms with Gasteiger partial charge in [-0.05, 0) is 47.2 Å². The molecule has 0 spiro atoms. The highest BCUT2D eigenvalue weighted by atomic mass is 32.2. The Hall–Kier alpha value is -2.98. The molecule has 0 aliphatic carbocycles. The Morgan fingerprint density at radius 1 is 1.23 bits per heavy atom. The Balaban J connectivity index is 1.37. The van der Waals surface area contributed by atoms with Gasteiger partial charge < -0.3 is 9.64 Å². The van der Waals surface area contributed by atoms with E-state index in [1.807, 2.05) is 55.5 Å². The minimum absolute atomic E-state index is 0.00393. The van der Waals surface area contributed by atoms with Crippen LogP contribution >= 0.6 is 23.1 Å². The van der Waals surface area contributed by atoms with E-state index in [0.717, 1.165) is 26.5 Å². The zero-order valence-corrected chi connectivity index (χ0v) is 19.1. The lowest BCUT2D eigenvalue weighted by Crippen LogP contribution is -2.31. The van der Waals surface area contributed by atoms with Crippen LogP contribution in [0.3, 0.4) is 0 Å². The summed E-state index contributed by atoms with van der Waals surface area (Å²) in [5, 5.41) is 13.4. The summed E-state index contributed by atoms with van der Waals surface area (Å²) in [7, 11) is 3.44. The second-order valence-corrected chi connectivity index (χ2v) is 8.96. The third-order valence-corrected chi connectivity index (χ3v) is 7.11. The Morgan fingerprint density at radius 3 is 2.74 bits per heavy atom. The monoisotopic (exact) mass is 454 g/mol. The van der Waals surface area contributed by atoms with E-state index in [9.17, 15) is 4.79 Å². The van der Waals surface area contributed by atoms with E-state index in [1.54, 1.807) is 35.1 Å². The fraction of sp³-hybridized carbons (Fsp3) is 0.286. The van der Waals surface area contributed by atoms with E-state index in [2.05, 4.69) is 20.5 Å². The average molecular weight is 455 g/mol. The molecule has 31 heavy (non-hydrogen) atoms. The first-order chi connectivity index (χ1) is 15.0. The van der Waals surface area contributed by atoms with Gasteiger partial charge in [-0.2, -0.15) is 0 Å². The number of methoxy groups -OCH3 is 1. The predicted molar refractivity (Wildman–Crippen MR) is 121 cm³/mol. The summed E-state index contributed by atoms with van der Waals surface area (Å²) in [6.07, 6.45) is 0. The first-order valence-corrected chi connectivity index (χ1v) is 11.5. The number of thioether (sulfide) groups is 1. The molecule has 1 atom stereocenters. The van der Waals surface area contributed by atoms with E-state index in [-0.39, 0.29) is 17.7 Å². The Labute approximate surface area is 188 Å². The van der Waals surface area contributed by atoms with E-state index in [1.165, 1.54) is 11.8 Å². The number of tetrazole rings is 1. The average Bonchev–Trinajstić information content (AvgIpc) is 3.43. The SMILES string of the molecule is COc1ccc(Cn2nnnc2SCC(=O)N(C)[C@@H](C)c2nc3ccccc3s2)cc1. The maximum atomic E-state index is 12.8. The summed E-state index contributed by atoms with van der Waals surface area (Å²) in [6, 6.07) is 15.6. The van der Waals surface area contributed by atoms with Crippen LogP contribution in [0.25, 0.3) is 10.2 Å². The largest absolute Gasteiger partial charge is 0.497 e. The van der Waals surface area contributed by atoms with Gasteiger partial charge in [0.2, 0.25) is 11.1 Å². The topological polar surface area (TPSA) is 86.0 Å². The van der Waals surface area contributed by atoms with Crippen LogP contribution in [-0.2, 0) is 11.3 Å². The van der Waals surface area contributed by atoms with Crippen molar-refractivity contribution in [1.82, 2.24) is 30.1 Å². The van der Waals surface area contributed by atoms with Gasteiger partial charge in [-0.25, -0.2) is 9.67 Å². The van der Waals surface area contributed by atoms with Crippen LogP contribution in [0.15, 0.2) is 53.7 Å². The molecule has 0 aliphatic heterocycles. The number of nitrogens with zero attached hydrogens (tertiary/aromatic N) is 6. The Kier molecular flexibility index (Phi) is 6.47. The number of carbonyl (C=O) groups excluding carboxylic acids is 1. The Morgan fingerprint density at radius 2 is 2.00 bits per heavy atom. The predicted octanol–water partition coefficient (Wildman–Crippen LogP) is 3.65. The van der Waals surface area contributed by atoms with Crippen LogP contribution in [0.5, 0.6) is 5.75 Å². The number of fused-ring (bicyclic) bond motifs is 1. The molecule has 0 bridgehead atoms. The van der Waals surface area contributed by atoms with E-state index >= 15 is 0 Å². The number of rotatable bonds is 8. The standard InChI is InChI=1S/C21H22N6O2S2/c1-14(20-22-17-6-4-5-7-18(17)31-20)26(2)19(28)13-30-21-23-24-25-27(21)12-15-8-10-16(29-3)11-9-15/h4-11,14H,12-13H2,1-3H3/t14-/m0/s1. The molecule has 4 rings (SSSR count). The maximum absolute atomic E-state index is 12.8. The highest BCUT2D eigenvalue weighted by Gasteiger charge is 2.21. The van der Waals surface area contributed by atoms with Crippen LogP contribution in [0, 0.1) is 0 Å². The fourth-order valence-corrected chi connectivity index (χ4v) is 4.84. The van der Waals surface area contributed by atoms with Crippen molar-refractivity contribution in [3.8, 4) is 5.75 Å². The van der Waals surface area contributed by atoms with Crippen molar-refractivity contribution >= 4 is 39.2 Å². The molecular formula is C21H22N6O2S2. The summed E-state index contributed by atoms with van der Waals surface area (Å²) in [4.78, 5) is 19.2. The van der Waals surface area contributed by atoms with Gasteiger partial charge in [-0.15, -0.1) is 16.4 Å². The molecule has 8 nitrogen and oxygen atoms in total. The smallest absolute Gasteiger partial charge is 0.233 e.